The predicted molar refractivity (Wildman–Crippen MR) is 57.3 cm³/mol. The van der Waals surface area contributed by atoms with Gasteiger partial charge in [0.15, 0.2) is 0 Å². The number of aliphatic hydroxyl groups excluding tert-OH is 1. The molecule has 0 saturated carbocycles. The second-order valence-corrected chi connectivity index (χ2v) is 3.63. The Balaban J connectivity index is 2.78. The van der Waals surface area contributed by atoms with Crippen LogP contribution in [0.3, 0.4) is 0 Å². The molecule has 0 unspecified atom stereocenters. The second kappa shape index (κ2) is 5.01. The molecule has 0 bridgehead atoms. The van der Waals surface area contributed by atoms with Crippen molar-refractivity contribution >= 4 is 0 Å². The van der Waals surface area contributed by atoms with E-state index in [0.29, 0.717) is 0 Å². The number of rotatable bonds is 4. The maximum atomic E-state index is 8.98. The Labute approximate surface area is 85.5 Å². The van der Waals surface area contributed by atoms with Crippen LogP contribution in [0.15, 0.2) is 24.3 Å². The predicted octanol–water partition coefficient (Wildman–Crippen LogP) is 2.41. The Bertz CT molecular complexity index is 281. The van der Waals surface area contributed by atoms with Gasteiger partial charge < -0.3 is 9.84 Å². The molecule has 1 aromatic carbocycles. The normalized spacial score (nSPS) is 11.0. The maximum absolute atomic E-state index is 8.98. The van der Waals surface area contributed by atoms with Gasteiger partial charge in [0, 0.05) is 5.92 Å². The van der Waals surface area contributed by atoms with E-state index in [1.54, 1.807) is 0 Å². The topological polar surface area (TPSA) is 29.5 Å². The zero-order valence-corrected chi connectivity index (χ0v) is 8.95. The maximum Gasteiger partial charge on any atom is 0.119 e. The minimum atomic E-state index is 0.0884. The van der Waals surface area contributed by atoms with Gasteiger partial charge in [-0.3, -0.25) is 0 Å². The van der Waals surface area contributed by atoms with E-state index in [2.05, 4.69) is 0 Å². The molecule has 0 amide bonds. The molecule has 1 rings (SSSR count). The lowest BCUT2D eigenvalue weighted by molar-refractivity contribution is 0.242. The van der Waals surface area contributed by atoms with E-state index in [9.17, 15) is 0 Å². The van der Waals surface area contributed by atoms with Gasteiger partial charge in [-0.2, -0.15) is 0 Å². The highest BCUT2D eigenvalue weighted by molar-refractivity contribution is 5.36. The number of aliphatic hydroxyl groups is 1. The molecule has 1 radical (unpaired) electrons. The SMILES string of the molecule is C[C](CO)c1cccc(OC(C)C)c1. The fourth-order valence-corrected chi connectivity index (χ4v) is 1.20. The summed E-state index contributed by atoms with van der Waals surface area (Å²) in [6, 6.07) is 7.78. The lowest BCUT2D eigenvalue weighted by Gasteiger charge is -2.12. The van der Waals surface area contributed by atoms with Crippen LogP contribution >= 0.6 is 0 Å². The zero-order chi connectivity index (χ0) is 10.6. The quantitative estimate of drug-likeness (QED) is 0.795. The Hall–Kier alpha value is -1.02. The Morgan fingerprint density at radius 2 is 2.14 bits per heavy atom. The summed E-state index contributed by atoms with van der Waals surface area (Å²) in [5, 5.41) is 8.98. The van der Waals surface area contributed by atoms with Crippen LogP contribution in [0.5, 0.6) is 5.75 Å². The Morgan fingerprint density at radius 1 is 1.43 bits per heavy atom. The van der Waals surface area contributed by atoms with E-state index < -0.39 is 0 Å². The third kappa shape index (κ3) is 3.04. The van der Waals surface area contributed by atoms with Gasteiger partial charge in [0.25, 0.3) is 0 Å². The lowest BCUT2D eigenvalue weighted by Crippen LogP contribution is -2.06. The summed E-state index contributed by atoms with van der Waals surface area (Å²) >= 11 is 0. The molecule has 0 heterocycles. The minimum absolute atomic E-state index is 0.0884. The third-order valence-electron chi connectivity index (χ3n) is 1.94. The number of benzene rings is 1. The summed E-state index contributed by atoms with van der Waals surface area (Å²) in [4.78, 5) is 0. The van der Waals surface area contributed by atoms with Crippen molar-refractivity contribution in [1.82, 2.24) is 0 Å². The molecule has 0 aliphatic carbocycles. The van der Waals surface area contributed by atoms with Gasteiger partial charge in [-0.15, -0.1) is 0 Å². The van der Waals surface area contributed by atoms with Crippen LogP contribution in [0.4, 0.5) is 0 Å². The molecule has 0 atom stereocenters. The molecule has 0 fully saturated rings. The molecule has 0 saturated heterocycles. The van der Waals surface area contributed by atoms with Gasteiger partial charge in [0.05, 0.1) is 12.7 Å². The highest BCUT2D eigenvalue weighted by Crippen LogP contribution is 2.20. The van der Waals surface area contributed by atoms with Crippen molar-refractivity contribution in [1.29, 1.82) is 0 Å². The van der Waals surface area contributed by atoms with Crippen molar-refractivity contribution in [2.75, 3.05) is 6.61 Å². The van der Waals surface area contributed by atoms with Gasteiger partial charge in [-0.1, -0.05) is 19.1 Å². The van der Waals surface area contributed by atoms with Crippen LogP contribution in [-0.2, 0) is 0 Å². The number of hydrogen-bond donors (Lipinski definition) is 1. The van der Waals surface area contributed by atoms with Gasteiger partial charge in [-0.25, -0.2) is 0 Å². The van der Waals surface area contributed by atoms with Crippen molar-refractivity contribution in [3.05, 3.63) is 35.7 Å². The van der Waals surface area contributed by atoms with Crippen LogP contribution in [0, 0.1) is 5.92 Å². The smallest absolute Gasteiger partial charge is 0.119 e. The molecular weight excluding hydrogens is 176 g/mol. The van der Waals surface area contributed by atoms with Crippen molar-refractivity contribution in [2.45, 2.75) is 26.9 Å². The van der Waals surface area contributed by atoms with Crippen molar-refractivity contribution in [3.63, 3.8) is 0 Å². The van der Waals surface area contributed by atoms with Gasteiger partial charge >= 0.3 is 0 Å². The zero-order valence-electron chi connectivity index (χ0n) is 8.95. The molecule has 0 spiro atoms. The highest BCUT2D eigenvalue weighted by Gasteiger charge is 2.06. The number of hydrogen-bond acceptors (Lipinski definition) is 2. The average Bonchev–Trinajstić information content (AvgIpc) is 2.16. The van der Waals surface area contributed by atoms with Crippen LogP contribution in [0.1, 0.15) is 26.3 Å². The molecule has 0 aliphatic rings. The van der Waals surface area contributed by atoms with Crippen LogP contribution in [0.2, 0.25) is 0 Å². The number of ether oxygens (including phenoxy) is 1. The molecule has 1 aromatic rings. The summed E-state index contributed by atoms with van der Waals surface area (Å²) in [5.74, 6) is 1.81. The highest BCUT2D eigenvalue weighted by atomic mass is 16.5. The van der Waals surface area contributed by atoms with E-state index >= 15 is 0 Å². The first-order chi connectivity index (χ1) is 6.63. The third-order valence-corrected chi connectivity index (χ3v) is 1.94. The van der Waals surface area contributed by atoms with Crippen LogP contribution < -0.4 is 4.74 Å². The first kappa shape index (κ1) is 11.1. The van der Waals surface area contributed by atoms with E-state index in [1.807, 2.05) is 45.0 Å². The molecule has 2 nitrogen and oxygen atoms in total. The van der Waals surface area contributed by atoms with Gasteiger partial charge in [0.1, 0.15) is 5.75 Å². The monoisotopic (exact) mass is 193 g/mol. The van der Waals surface area contributed by atoms with E-state index in [4.69, 9.17) is 9.84 Å². The van der Waals surface area contributed by atoms with Crippen molar-refractivity contribution in [2.24, 2.45) is 0 Å². The fraction of sp³-hybridized carbons (Fsp3) is 0.417. The largest absolute Gasteiger partial charge is 0.491 e. The average molecular weight is 193 g/mol. The minimum Gasteiger partial charge on any atom is -0.491 e. The summed E-state index contributed by atoms with van der Waals surface area (Å²) in [5.41, 5.74) is 1.03. The standard InChI is InChI=1S/C12H17O2/c1-9(2)14-12-6-4-5-11(7-12)10(3)8-13/h4-7,9,13H,8H2,1-3H3. The summed E-state index contributed by atoms with van der Waals surface area (Å²) in [6.45, 7) is 5.99. The van der Waals surface area contributed by atoms with Crippen molar-refractivity contribution in [3.8, 4) is 5.75 Å². The summed E-state index contributed by atoms with van der Waals surface area (Å²) < 4.78 is 5.55. The van der Waals surface area contributed by atoms with E-state index in [0.717, 1.165) is 17.2 Å². The molecule has 1 N–H and O–H groups in total. The molecule has 2 heteroatoms. The van der Waals surface area contributed by atoms with Crippen molar-refractivity contribution < 1.29 is 9.84 Å². The lowest BCUT2D eigenvalue weighted by atomic mass is 10.0. The Morgan fingerprint density at radius 3 is 2.71 bits per heavy atom. The molecule has 14 heavy (non-hydrogen) atoms. The summed E-state index contributed by atoms with van der Waals surface area (Å²) in [6.07, 6.45) is 0.180. The van der Waals surface area contributed by atoms with E-state index in [1.165, 1.54) is 0 Å². The molecule has 0 aliphatic heterocycles. The van der Waals surface area contributed by atoms with E-state index in [-0.39, 0.29) is 12.7 Å². The fourth-order valence-electron chi connectivity index (χ4n) is 1.20. The van der Waals surface area contributed by atoms with Gasteiger partial charge in [-0.05, 0) is 31.5 Å². The molecule has 77 valence electrons. The Kier molecular flexibility index (Phi) is 3.96. The van der Waals surface area contributed by atoms with Crippen LogP contribution in [-0.4, -0.2) is 17.8 Å². The first-order valence-electron chi connectivity index (χ1n) is 4.84. The molecular formula is C12H17O2. The second-order valence-electron chi connectivity index (χ2n) is 3.63. The molecule has 0 aromatic heterocycles. The van der Waals surface area contributed by atoms with Gasteiger partial charge in [0.2, 0.25) is 0 Å². The first-order valence-corrected chi connectivity index (χ1v) is 4.84. The van der Waals surface area contributed by atoms with Crippen LogP contribution in [0.25, 0.3) is 0 Å². The summed E-state index contributed by atoms with van der Waals surface area (Å²) in [7, 11) is 0.